The monoisotopic (exact) mass is 206 g/mol. The van der Waals surface area contributed by atoms with Gasteiger partial charge in [0, 0.05) is 12.1 Å². The maximum Gasteiger partial charge on any atom is 0.285 e. The van der Waals surface area contributed by atoms with Gasteiger partial charge in [-0.3, -0.25) is 14.9 Å². The largest absolute Gasteiger partial charge is 0.351 e. The molecule has 0 atom stereocenters. The first kappa shape index (κ1) is 9.64. The average Bonchev–Trinajstić information content (AvgIpc) is 2.18. The number of fused-ring (bicyclic) bond motifs is 1. The predicted octanol–water partition coefficient (Wildman–Crippen LogP) is 1.19. The molecule has 78 valence electrons. The fourth-order valence-corrected chi connectivity index (χ4v) is 1.83. The van der Waals surface area contributed by atoms with Gasteiger partial charge in [-0.15, -0.1) is 0 Å². The summed E-state index contributed by atoms with van der Waals surface area (Å²) in [6, 6.07) is 3.48. The summed E-state index contributed by atoms with van der Waals surface area (Å²) in [6.07, 6.45) is 0.655. The lowest BCUT2D eigenvalue weighted by Gasteiger charge is -2.16. The number of nitrogens with zero attached hydrogens (tertiary/aromatic N) is 1. The molecule has 0 bridgehead atoms. The Morgan fingerprint density at radius 3 is 2.87 bits per heavy atom. The lowest BCUT2D eigenvalue weighted by molar-refractivity contribution is -0.385. The van der Waals surface area contributed by atoms with E-state index in [0.717, 1.165) is 5.56 Å². The predicted molar refractivity (Wildman–Crippen MR) is 53.9 cm³/mol. The average molecular weight is 206 g/mol. The number of hydrogen-bond acceptors (Lipinski definition) is 3. The molecule has 0 fully saturated rings. The fraction of sp³-hybridized carbons (Fsp3) is 0.300. The van der Waals surface area contributed by atoms with Crippen LogP contribution in [0.2, 0.25) is 0 Å². The SMILES string of the molecule is Cc1ccc2c(c1[N+](=O)[O-])C(=O)NCC2. The molecule has 1 amide bonds. The molecule has 5 nitrogen and oxygen atoms in total. The van der Waals surface area contributed by atoms with Crippen LogP contribution in [0.1, 0.15) is 21.5 Å². The molecule has 0 aromatic heterocycles. The summed E-state index contributed by atoms with van der Waals surface area (Å²) < 4.78 is 0. The molecule has 0 spiro atoms. The number of amides is 1. The van der Waals surface area contributed by atoms with Crippen molar-refractivity contribution in [2.24, 2.45) is 0 Å². The summed E-state index contributed by atoms with van der Waals surface area (Å²) in [5, 5.41) is 13.5. The van der Waals surface area contributed by atoms with Crippen LogP contribution in [0.3, 0.4) is 0 Å². The van der Waals surface area contributed by atoms with E-state index in [1.165, 1.54) is 0 Å². The third kappa shape index (κ3) is 1.45. The van der Waals surface area contributed by atoms with Gasteiger partial charge in [-0.05, 0) is 18.9 Å². The number of nitro benzene ring substituents is 1. The van der Waals surface area contributed by atoms with Gasteiger partial charge in [0.2, 0.25) is 0 Å². The lowest BCUT2D eigenvalue weighted by Crippen LogP contribution is -2.32. The number of carbonyl (C=O) groups is 1. The Kier molecular flexibility index (Phi) is 2.15. The van der Waals surface area contributed by atoms with E-state index in [1.54, 1.807) is 19.1 Å². The van der Waals surface area contributed by atoms with E-state index in [1.807, 2.05) is 0 Å². The molecule has 15 heavy (non-hydrogen) atoms. The summed E-state index contributed by atoms with van der Waals surface area (Å²) in [7, 11) is 0. The van der Waals surface area contributed by atoms with Crippen LogP contribution in [-0.2, 0) is 6.42 Å². The van der Waals surface area contributed by atoms with Crippen molar-refractivity contribution >= 4 is 11.6 Å². The van der Waals surface area contributed by atoms with Crippen LogP contribution in [0.15, 0.2) is 12.1 Å². The highest BCUT2D eigenvalue weighted by atomic mass is 16.6. The van der Waals surface area contributed by atoms with Crippen molar-refractivity contribution in [3.05, 3.63) is 38.9 Å². The van der Waals surface area contributed by atoms with Gasteiger partial charge in [-0.1, -0.05) is 12.1 Å². The Balaban J connectivity index is 2.71. The minimum atomic E-state index is -0.487. The van der Waals surface area contributed by atoms with Crippen molar-refractivity contribution in [1.29, 1.82) is 0 Å². The van der Waals surface area contributed by atoms with Crippen LogP contribution in [0.25, 0.3) is 0 Å². The topological polar surface area (TPSA) is 72.2 Å². The molecule has 1 aromatic carbocycles. The molecular weight excluding hydrogens is 196 g/mol. The van der Waals surface area contributed by atoms with E-state index < -0.39 is 4.92 Å². The highest BCUT2D eigenvalue weighted by Crippen LogP contribution is 2.28. The van der Waals surface area contributed by atoms with E-state index in [9.17, 15) is 14.9 Å². The van der Waals surface area contributed by atoms with Crippen molar-refractivity contribution in [1.82, 2.24) is 5.32 Å². The van der Waals surface area contributed by atoms with Crippen molar-refractivity contribution in [2.45, 2.75) is 13.3 Å². The van der Waals surface area contributed by atoms with Crippen LogP contribution in [0.5, 0.6) is 0 Å². The number of aryl methyl sites for hydroxylation is 1. The van der Waals surface area contributed by atoms with Gasteiger partial charge >= 0.3 is 0 Å². The summed E-state index contributed by atoms with van der Waals surface area (Å²) in [5.74, 6) is -0.341. The number of rotatable bonds is 1. The van der Waals surface area contributed by atoms with Crippen LogP contribution >= 0.6 is 0 Å². The quantitative estimate of drug-likeness (QED) is 0.554. The van der Waals surface area contributed by atoms with Crippen LogP contribution in [0.4, 0.5) is 5.69 Å². The summed E-state index contributed by atoms with van der Waals surface area (Å²) in [6.45, 7) is 2.19. The maximum atomic E-state index is 11.5. The van der Waals surface area contributed by atoms with Gasteiger partial charge in [0.05, 0.1) is 4.92 Å². The maximum absolute atomic E-state index is 11.5. The van der Waals surface area contributed by atoms with Crippen molar-refractivity contribution in [2.75, 3.05) is 6.54 Å². The minimum Gasteiger partial charge on any atom is -0.351 e. The first-order valence-corrected chi connectivity index (χ1v) is 4.66. The Morgan fingerprint density at radius 2 is 2.20 bits per heavy atom. The Hall–Kier alpha value is -1.91. The van der Waals surface area contributed by atoms with E-state index in [4.69, 9.17) is 0 Å². The molecular formula is C10H10N2O3. The molecule has 0 unspecified atom stereocenters. The number of nitrogens with one attached hydrogen (secondary N) is 1. The van der Waals surface area contributed by atoms with Crippen LogP contribution in [-0.4, -0.2) is 17.4 Å². The third-order valence-electron chi connectivity index (χ3n) is 2.56. The van der Waals surface area contributed by atoms with Crippen molar-refractivity contribution in [3.8, 4) is 0 Å². The fourth-order valence-electron chi connectivity index (χ4n) is 1.83. The highest BCUT2D eigenvalue weighted by molar-refractivity contribution is 6.01. The molecule has 0 saturated carbocycles. The number of carbonyl (C=O) groups excluding carboxylic acids is 1. The smallest absolute Gasteiger partial charge is 0.285 e. The lowest BCUT2D eigenvalue weighted by atomic mass is 9.96. The zero-order valence-corrected chi connectivity index (χ0v) is 8.24. The van der Waals surface area contributed by atoms with Crippen LogP contribution < -0.4 is 5.32 Å². The standard InChI is InChI=1S/C10H10N2O3/c1-6-2-3-7-4-5-11-10(13)8(7)9(6)12(14)15/h2-3H,4-5H2,1H3,(H,11,13). The van der Waals surface area contributed by atoms with Gasteiger partial charge < -0.3 is 5.32 Å². The summed E-state index contributed by atoms with van der Waals surface area (Å²) in [4.78, 5) is 21.9. The van der Waals surface area contributed by atoms with Crippen molar-refractivity contribution in [3.63, 3.8) is 0 Å². The second-order valence-electron chi connectivity index (χ2n) is 3.53. The molecule has 0 aliphatic carbocycles. The molecule has 1 aliphatic rings. The molecule has 1 N–H and O–H groups in total. The molecule has 1 heterocycles. The minimum absolute atomic E-state index is 0.0651. The van der Waals surface area contributed by atoms with E-state index >= 15 is 0 Å². The van der Waals surface area contributed by atoms with Crippen molar-refractivity contribution < 1.29 is 9.72 Å². The summed E-state index contributed by atoms with van der Waals surface area (Å²) >= 11 is 0. The zero-order valence-electron chi connectivity index (χ0n) is 8.24. The highest BCUT2D eigenvalue weighted by Gasteiger charge is 2.28. The summed E-state index contributed by atoms with van der Waals surface area (Å²) in [5.41, 5.74) is 1.45. The molecule has 0 saturated heterocycles. The van der Waals surface area contributed by atoms with Gasteiger partial charge in [0.15, 0.2) is 0 Å². The van der Waals surface area contributed by atoms with Crippen LogP contribution in [0, 0.1) is 17.0 Å². The Labute approximate surface area is 86.2 Å². The normalized spacial score (nSPS) is 14.3. The third-order valence-corrected chi connectivity index (χ3v) is 2.56. The molecule has 1 aromatic rings. The number of benzene rings is 1. The van der Waals surface area contributed by atoms with E-state index in [-0.39, 0.29) is 17.2 Å². The molecule has 0 radical (unpaired) electrons. The Bertz CT molecular complexity index is 454. The first-order valence-electron chi connectivity index (χ1n) is 4.66. The number of nitro groups is 1. The van der Waals surface area contributed by atoms with Gasteiger partial charge in [-0.25, -0.2) is 0 Å². The number of hydrogen-bond donors (Lipinski definition) is 1. The van der Waals surface area contributed by atoms with E-state index in [0.29, 0.717) is 18.5 Å². The molecule has 1 aliphatic heterocycles. The van der Waals surface area contributed by atoms with Gasteiger partial charge in [-0.2, -0.15) is 0 Å². The first-order chi connectivity index (χ1) is 7.11. The second kappa shape index (κ2) is 3.34. The van der Waals surface area contributed by atoms with Gasteiger partial charge in [0.1, 0.15) is 5.56 Å². The zero-order chi connectivity index (χ0) is 11.0. The molecule has 5 heteroatoms. The molecule has 2 rings (SSSR count). The van der Waals surface area contributed by atoms with Gasteiger partial charge in [0.25, 0.3) is 11.6 Å². The second-order valence-corrected chi connectivity index (χ2v) is 3.53. The Morgan fingerprint density at radius 1 is 1.47 bits per heavy atom. The van der Waals surface area contributed by atoms with E-state index in [2.05, 4.69) is 5.32 Å².